The van der Waals surface area contributed by atoms with Gasteiger partial charge in [-0.1, -0.05) is 49.7 Å². The Morgan fingerprint density at radius 2 is 1.78 bits per heavy atom. The minimum absolute atomic E-state index is 0.00207. The lowest BCUT2D eigenvalue weighted by Crippen LogP contribution is -2.19. The van der Waals surface area contributed by atoms with Crippen LogP contribution in [0.4, 0.5) is 5.69 Å². The van der Waals surface area contributed by atoms with Crippen LogP contribution in [0.25, 0.3) is 0 Å². The lowest BCUT2D eigenvalue weighted by molar-refractivity contribution is -0.117. The standard InChI is InChI=1S/C19H22ClNO2/c1-12(2)10-14-4-6-15(7-5-14)13(3)19(23)21-17-11-16(20)8-9-18(17)22/h4-9,11-13,22H,10H2,1-3H3,(H,21,23)/t13-/m0/s1. The second-order valence-corrected chi connectivity index (χ2v) is 6.65. The van der Waals surface area contributed by atoms with Crippen molar-refractivity contribution in [1.82, 2.24) is 0 Å². The SMILES string of the molecule is CC(C)Cc1ccc([C@H](C)C(=O)Nc2cc(Cl)ccc2O)cc1. The van der Waals surface area contributed by atoms with E-state index in [1.165, 1.54) is 17.7 Å². The van der Waals surface area contributed by atoms with Gasteiger partial charge >= 0.3 is 0 Å². The highest BCUT2D eigenvalue weighted by Gasteiger charge is 2.17. The monoisotopic (exact) mass is 331 g/mol. The summed E-state index contributed by atoms with van der Waals surface area (Å²) in [4.78, 5) is 12.4. The first-order valence-electron chi connectivity index (χ1n) is 7.75. The highest BCUT2D eigenvalue weighted by Crippen LogP contribution is 2.28. The van der Waals surface area contributed by atoms with Crippen molar-refractivity contribution in [1.29, 1.82) is 0 Å². The van der Waals surface area contributed by atoms with Crippen LogP contribution in [0, 0.1) is 5.92 Å². The first kappa shape index (κ1) is 17.4. The quantitative estimate of drug-likeness (QED) is 0.758. The van der Waals surface area contributed by atoms with E-state index in [0.717, 1.165) is 12.0 Å². The summed E-state index contributed by atoms with van der Waals surface area (Å²) < 4.78 is 0. The number of carbonyl (C=O) groups is 1. The number of hydrogen-bond acceptors (Lipinski definition) is 2. The summed E-state index contributed by atoms with van der Waals surface area (Å²) >= 11 is 5.89. The summed E-state index contributed by atoms with van der Waals surface area (Å²) in [6.07, 6.45) is 1.03. The molecule has 122 valence electrons. The fraction of sp³-hybridized carbons (Fsp3) is 0.316. The predicted octanol–water partition coefficient (Wildman–Crippen LogP) is 4.99. The molecule has 0 heterocycles. The van der Waals surface area contributed by atoms with Crippen LogP contribution >= 0.6 is 11.6 Å². The van der Waals surface area contributed by atoms with E-state index in [-0.39, 0.29) is 17.6 Å². The van der Waals surface area contributed by atoms with E-state index < -0.39 is 0 Å². The van der Waals surface area contributed by atoms with Gasteiger partial charge in [-0.05, 0) is 48.6 Å². The van der Waals surface area contributed by atoms with Crippen molar-refractivity contribution >= 4 is 23.2 Å². The van der Waals surface area contributed by atoms with E-state index in [0.29, 0.717) is 16.6 Å². The number of nitrogens with one attached hydrogen (secondary N) is 1. The van der Waals surface area contributed by atoms with Gasteiger partial charge in [0.1, 0.15) is 5.75 Å². The predicted molar refractivity (Wildman–Crippen MR) is 95.1 cm³/mol. The molecule has 2 aromatic rings. The molecule has 0 aliphatic carbocycles. The topological polar surface area (TPSA) is 49.3 Å². The van der Waals surface area contributed by atoms with E-state index in [4.69, 9.17) is 11.6 Å². The average molecular weight is 332 g/mol. The van der Waals surface area contributed by atoms with Crippen LogP contribution in [-0.2, 0) is 11.2 Å². The van der Waals surface area contributed by atoms with Crippen LogP contribution in [0.2, 0.25) is 5.02 Å². The zero-order chi connectivity index (χ0) is 17.0. The first-order valence-corrected chi connectivity index (χ1v) is 8.13. The van der Waals surface area contributed by atoms with Crippen LogP contribution in [0.1, 0.15) is 37.8 Å². The Hall–Kier alpha value is -2.00. The number of hydrogen-bond donors (Lipinski definition) is 2. The molecule has 2 N–H and O–H groups in total. The lowest BCUT2D eigenvalue weighted by atomic mass is 9.96. The van der Waals surface area contributed by atoms with Crippen molar-refractivity contribution in [2.75, 3.05) is 5.32 Å². The molecule has 0 fully saturated rings. The van der Waals surface area contributed by atoms with Gasteiger partial charge in [0.05, 0.1) is 11.6 Å². The summed E-state index contributed by atoms with van der Waals surface area (Å²) in [6, 6.07) is 12.7. The van der Waals surface area contributed by atoms with Gasteiger partial charge in [-0.3, -0.25) is 4.79 Å². The van der Waals surface area contributed by atoms with Crippen LogP contribution < -0.4 is 5.32 Å². The zero-order valence-corrected chi connectivity index (χ0v) is 14.4. The zero-order valence-electron chi connectivity index (χ0n) is 13.6. The molecule has 2 rings (SSSR count). The summed E-state index contributed by atoms with van der Waals surface area (Å²) in [5, 5.41) is 13.0. The molecule has 0 bridgehead atoms. The molecule has 4 heteroatoms. The van der Waals surface area contributed by atoms with E-state index in [9.17, 15) is 9.90 Å². The van der Waals surface area contributed by atoms with Crippen molar-refractivity contribution in [2.45, 2.75) is 33.1 Å². The molecule has 0 radical (unpaired) electrons. The smallest absolute Gasteiger partial charge is 0.231 e. The molecule has 2 aromatic carbocycles. The molecule has 0 aliphatic rings. The van der Waals surface area contributed by atoms with E-state index in [2.05, 4.69) is 31.3 Å². The molecule has 0 spiro atoms. The largest absolute Gasteiger partial charge is 0.506 e. The number of carbonyl (C=O) groups excluding carboxylic acids is 1. The maximum Gasteiger partial charge on any atom is 0.231 e. The number of aromatic hydroxyl groups is 1. The third kappa shape index (κ3) is 4.73. The van der Waals surface area contributed by atoms with E-state index >= 15 is 0 Å². The molecular weight excluding hydrogens is 310 g/mol. The molecule has 0 aromatic heterocycles. The fourth-order valence-corrected chi connectivity index (χ4v) is 2.59. The number of anilines is 1. The minimum atomic E-state index is -0.318. The van der Waals surface area contributed by atoms with Gasteiger partial charge in [0.25, 0.3) is 0 Å². The van der Waals surface area contributed by atoms with Gasteiger partial charge in [0.2, 0.25) is 5.91 Å². The van der Waals surface area contributed by atoms with Gasteiger partial charge in [0.15, 0.2) is 0 Å². The average Bonchev–Trinajstić information content (AvgIpc) is 2.50. The molecule has 3 nitrogen and oxygen atoms in total. The molecule has 1 atom stereocenters. The van der Waals surface area contributed by atoms with Gasteiger partial charge in [0, 0.05) is 5.02 Å². The second kappa shape index (κ2) is 7.51. The molecule has 1 amide bonds. The van der Waals surface area contributed by atoms with Gasteiger partial charge in [-0.15, -0.1) is 0 Å². The molecule has 23 heavy (non-hydrogen) atoms. The van der Waals surface area contributed by atoms with Crippen LogP contribution in [0.5, 0.6) is 5.75 Å². The Morgan fingerprint density at radius 1 is 1.13 bits per heavy atom. The Kier molecular flexibility index (Phi) is 5.67. The molecule has 0 aliphatic heterocycles. The fourth-order valence-electron chi connectivity index (χ4n) is 2.41. The number of phenols is 1. The summed E-state index contributed by atoms with van der Waals surface area (Å²) in [6.45, 7) is 6.21. The Balaban J connectivity index is 2.08. The van der Waals surface area contributed by atoms with Gasteiger partial charge in [-0.2, -0.15) is 0 Å². The highest BCUT2D eigenvalue weighted by molar-refractivity contribution is 6.31. The summed E-state index contributed by atoms with van der Waals surface area (Å²) in [7, 11) is 0. The third-order valence-corrected chi connectivity index (χ3v) is 3.97. The number of halogens is 1. The van der Waals surface area contributed by atoms with Crippen molar-refractivity contribution < 1.29 is 9.90 Å². The highest BCUT2D eigenvalue weighted by atomic mass is 35.5. The van der Waals surface area contributed by atoms with Crippen molar-refractivity contribution in [3.8, 4) is 5.75 Å². The number of phenolic OH excluding ortho intramolecular Hbond substituents is 1. The minimum Gasteiger partial charge on any atom is -0.506 e. The Morgan fingerprint density at radius 3 is 2.39 bits per heavy atom. The van der Waals surface area contributed by atoms with Crippen molar-refractivity contribution in [3.05, 3.63) is 58.6 Å². The number of benzene rings is 2. The number of rotatable bonds is 5. The van der Waals surface area contributed by atoms with Crippen molar-refractivity contribution in [3.63, 3.8) is 0 Å². The van der Waals surface area contributed by atoms with Gasteiger partial charge in [-0.25, -0.2) is 0 Å². The summed E-state index contributed by atoms with van der Waals surface area (Å²) in [5.41, 5.74) is 2.53. The second-order valence-electron chi connectivity index (χ2n) is 6.21. The lowest BCUT2D eigenvalue weighted by Gasteiger charge is -2.14. The Bertz CT molecular complexity index is 680. The Labute approximate surface area is 142 Å². The summed E-state index contributed by atoms with van der Waals surface area (Å²) in [5.74, 6) is 0.107. The molecular formula is C19H22ClNO2. The van der Waals surface area contributed by atoms with E-state index in [1.807, 2.05) is 19.1 Å². The van der Waals surface area contributed by atoms with Gasteiger partial charge < -0.3 is 10.4 Å². The molecule has 0 unspecified atom stereocenters. The maximum absolute atomic E-state index is 12.4. The van der Waals surface area contributed by atoms with Crippen LogP contribution in [0.3, 0.4) is 0 Å². The molecule has 0 saturated carbocycles. The van der Waals surface area contributed by atoms with Crippen LogP contribution in [0.15, 0.2) is 42.5 Å². The van der Waals surface area contributed by atoms with Crippen LogP contribution in [-0.4, -0.2) is 11.0 Å². The molecule has 0 saturated heterocycles. The van der Waals surface area contributed by atoms with E-state index in [1.54, 1.807) is 6.07 Å². The number of amides is 1. The van der Waals surface area contributed by atoms with Crippen molar-refractivity contribution in [2.24, 2.45) is 5.92 Å². The third-order valence-electron chi connectivity index (χ3n) is 3.73. The normalized spacial score (nSPS) is 12.2. The maximum atomic E-state index is 12.4. The first-order chi connectivity index (χ1) is 10.9.